The summed E-state index contributed by atoms with van der Waals surface area (Å²) in [4.78, 5) is 26.2. The number of carbonyl (C=O) groups excluding carboxylic acids is 2. The maximum atomic E-state index is 13.2. The largest absolute Gasteiger partial charge is 0.459 e. The van der Waals surface area contributed by atoms with Gasteiger partial charge in [0, 0.05) is 0 Å². The molecule has 0 fully saturated rings. The van der Waals surface area contributed by atoms with Crippen LogP contribution in [-0.2, 0) is 4.57 Å². The van der Waals surface area contributed by atoms with Crippen molar-refractivity contribution in [2.75, 3.05) is 0 Å². The third kappa shape index (κ3) is 4.15. The molecule has 0 aliphatic heterocycles. The van der Waals surface area contributed by atoms with E-state index in [1.807, 2.05) is 6.07 Å². The van der Waals surface area contributed by atoms with Crippen LogP contribution in [-0.4, -0.2) is 11.3 Å². The normalized spacial score (nSPS) is 11.3. The van der Waals surface area contributed by atoms with Gasteiger partial charge in [0.25, 0.3) is 0 Å². The standard InChI is InChI=1S/C22H15Cl3O3P/c1-12-6-5-7-13(2)18(12)22(27)29(28)17-9-4-3-8-14(17)21(26)19-15(23)10-11-16(24)20(19)25/h3-11H,1-2H3/q+1. The predicted molar refractivity (Wildman–Crippen MR) is 119 cm³/mol. The van der Waals surface area contributed by atoms with Crippen LogP contribution in [0.3, 0.4) is 0 Å². The van der Waals surface area contributed by atoms with Crippen molar-refractivity contribution in [2.24, 2.45) is 0 Å². The average molecular weight is 465 g/mol. The van der Waals surface area contributed by atoms with Crippen molar-refractivity contribution < 1.29 is 14.2 Å². The monoisotopic (exact) mass is 463 g/mol. The second kappa shape index (κ2) is 8.77. The lowest BCUT2D eigenvalue weighted by Crippen LogP contribution is -2.17. The maximum Gasteiger partial charge on any atom is 0.459 e. The van der Waals surface area contributed by atoms with Crippen LogP contribution in [0.1, 0.15) is 37.4 Å². The van der Waals surface area contributed by atoms with Gasteiger partial charge in [-0.25, -0.2) is 4.79 Å². The fourth-order valence-corrected chi connectivity index (χ4v) is 5.17. The summed E-state index contributed by atoms with van der Waals surface area (Å²) < 4.78 is 13.2. The van der Waals surface area contributed by atoms with E-state index in [9.17, 15) is 14.2 Å². The number of benzene rings is 3. The van der Waals surface area contributed by atoms with Crippen LogP contribution in [0.5, 0.6) is 0 Å². The molecule has 0 N–H and O–H groups in total. The lowest BCUT2D eigenvalue weighted by atomic mass is 10.0. The van der Waals surface area contributed by atoms with Gasteiger partial charge in [-0.05, 0) is 49.2 Å². The van der Waals surface area contributed by atoms with Gasteiger partial charge in [-0.15, -0.1) is 0 Å². The third-order valence-corrected chi connectivity index (χ3v) is 7.06. The summed E-state index contributed by atoms with van der Waals surface area (Å²) in [6, 6.07) is 14.6. The fourth-order valence-electron chi connectivity index (χ4n) is 3.08. The first-order valence-corrected chi connectivity index (χ1v) is 11.0. The molecule has 3 rings (SSSR count). The van der Waals surface area contributed by atoms with Crippen LogP contribution in [0.2, 0.25) is 15.1 Å². The molecule has 0 saturated heterocycles. The summed E-state index contributed by atoms with van der Waals surface area (Å²) in [5.74, 6) is -0.546. The number of hydrogen-bond acceptors (Lipinski definition) is 3. The SMILES string of the molecule is Cc1cccc(C)c1C(=O)[P+](=O)c1ccccc1C(=O)c1c(Cl)ccc(Cl)c1Cl. The van der Waals surface area contributed by atoms with Gasteiger partial charge >= 0.3 is 13.3 Å². The highest BCUT2D eigenvalue weighted by atomic mass is 35.5. The van der Waals surface area contributed by atoms with Crippen molar-refractivity contribution in [3.05, 3.63) is 97.5 Å². The van der Waals surface area contributed by atoms with Crippen LogP contribution < -0.4 is 5.30 Å². The Morgan fingerprint density at radius 3 is 2.00 bits per heavy atom. The zero-order chi connectivity index (χ0) is 21.3. The number of hydrogen-bond donors (Lipinski definition) is 0. The molecule has 0 saturated carbocycles. The van der Waals surface area contributed by atoms with E-state index in [2.05, 4.69) is 0 Å². The molecule has 3 aromatic rings. The molecule has 0 aliphatic carbocycles. The molecule has 1 unspecified atom stereocenters. The van der Waals surface area contributed by atoms with Crippen LogP contribution in [0.15, 0.2) is 54.6 Å². The van der Waals surface area contributed by atoms with Crippen LogP contribution in [0.4, 0.5) is 0 Å². The van der Waals surface area contributed by atoms with Gasteiger partial charge in [-0.1, -0.05) is 69.7 Å². The minimum absolute atomic E-state index is 0.00951. The Hall–Kier alpha value is -2.03. The molecule has 0 amide bonds. The summed E-state index contributed by atoms with van der Waals surface area (Å²) in [5.41, 5.74) is 1.43. The van der Waals surface area contributed by atoms with Crippen molar-refractivity contribution in [1.82, 2.24) is 0 Å². The molecule has 3 nitrogen and oxygen atoms in total. The van der Waals surface area contributed by atoms with Crippen molar-refractivity contribution in [3.63, 3.8) is 0 Å². The van der Waals surface area contributed by atoms with Crippen LogP contribution in [0.25, 0.3) is 0 Å². The zero-order valence-electron chi connectivity index (χ0n) is 15.5. The van der Waals surface area contributed by atoms with Gasteiger partial charge in [0.05, 0.1) is 31.8 Å². The van der Waals surface area contributed by atoms with Crippen LogP contribution >= 0.6 is 42.6 Å². The summed E-state index contributed by atoms with van der Waals surface area (Å²) in [6.07, 6.45) is 0. The smallest absolute Gasteiger partial charge is 0.288 e. The van der Waals surface area contributed by atoms with Crippen molar-refractivity contribution in [3.8, 4) is 0 Å². The summed E-state index contributed by atoms with van der Waals surface area (Å²) in [7, 11) is -2.54. The Bertz CT molecular complexity index is 1150. The number of rotatable bonds is 5. The minimum Gasteiger partial charge on any atom is -0.288 e. The highest BCUT2D eigenvalue weighted by molar-refractivity contribution is 7.71. The van der Waals surface area contributed by atoms with Gasteiger partial charge in [-0.3, -0.25) is 4.79 Å². The molecule has 7 heteroatoms. The maximum absolute atomic E-state index is 13.2. The topological polar surface area (TPSA) is 51.2 Å². The molecule has 29 heavy (non-hydrogen) atoms. The molecule has 146 valence electrons. The first-order chi connectivity index (χ1) is 13.7. The Morgan fingerprint density at radius 2 is 1.34 bits per heavy atom. The fraction of sp³-hybridized carbons (Fsp3) is 0.0909. The van der Waals surface area contributed by atoms with Crippen molar-refractivity contribution >= 4 is 59.2 Å². The lowest BCUT2D eigenvalue weighted by Gasteiger charge is -2.08. The first kappa shape index (κ1) is 21.7. The van der Waals surface area contributed by atoms with Gasteiger partial charge in [0.15, 0.2) is 0 Å². The second-order valence-electron chi connectivity index (χ2n) is 6.43. The van der Waals surface area contributed by atoms with Crippen molar-refractivity contribution in [1.29, 1.82) is 0 Å². The number of halogens is 3. The van der Waals surface area contributed by atoms with E-state index in [1.54, 1.807) is 38.1 Å². The highest BCUT2D eigenvalue weighted by Gasteiger charge is 2.38. The van der Waals surface area contributed by atoms with Gasteiger partial charge < -0.3 is 0 Å². The van der Waals surface area contributed by atoms with Gasteiger partial charge in [0.1, 0.15) is 0 Å². The molecular weight excluding hydrogens is 450 g/mol. The molecule has 0 aromatic heterocycles. The molecule has 1 atom stereocenters. The molecule has 0 bridgehead atoms. The van der Waals surface area contributed by atoms with Gasteiger partial charge in [0.2, 0.25) is 11.1 Å². The second-order valence-corrected chi connectivity index (χ2v) is 9.10. The summed E-state index contributed by atoms with van der Waals surface area (Å²) in [5, 5.41) is 0.436. The quantitative estimate of drug-likeness (QED) is 0.237. The van der Waals surface area contributed by atoms with E-state index in [4.69, 9.17) is 34.8 Å². The van der Waals surface area contributed by atoms with Crippen molar-refractivity contribution in [2.45, 2.75) is 13.8 Å². The molecule has 3 aromatic carbocycles. The third-order valence-electron chi connectivity index (χ3n) is 4.52. The van der Waals surface area contributed by atoms with E-state index < -0.39 is 19.1 Å². The molecule has 0 aliphatic rings. The lowest BCUT2D eigenvalue weighted by molar-refractivity contribution is 0.103. The van der Waals surface area contributed by atoms with E-state index in [0.29, 0.717) is 5.56 Å². The Labute approximate surface area is 184 Å². The van der Waals surface area contributed by atoms with Gasteiger partial charge in [-0.2, -0.15) is 0 Å². The Morgan fingerprint density at radius 1 is 0.759 bits per heavy atom. The Balaban J connectivity index is 2.11. The first-order valence-electron chi connectivity index (χ1n) is 8.59. The number of aryl methyl sites for hydroxylation is 2. The predicted octanol–water partition coefficient (Wildman–Crippen LogP) is 6.79. The molecule has 0 radical (unpaired) electrons. The number of ketones is 1. The number of carbonyl (C=O) groups is 2. The molecule has 0 spiro atoms. The molecule has 0 heterocycles. The Kier molecular flexibility index (Phi) is 6.55. The van der Waals surface area contributed by atoms with E-state index in [0.717, 1.165) is 11.1 Å². The van der Waals surface area contributed by atoms with E-state index >= 15 is 0 Å². The van der Waals surface area contributed by atoms with Crippen LogP contribution in [0, 0.1) is 13.8 Å². The molecular formula is C22H15Cl3O3P+. The minimum atomic E-state index is -2.54. The zero-order valence-corrected chi connectivity index (χ0v) is 18.7. The average Bonchev–Trinajstić information content (AvgIpc) is 2.70. The van der Waals surface area contributed by atoms with E-state index in [-0.39, 0.29) is 31.5 Å². The van der Waals surface area contributed by atoms with E-state index in [1.165, 1.54) is 24.3 Å². The summed E-state index contributed by atoms with van der Waals surface area (Å²) in [6.45, 7) is 3.57. The highest BCUT2D eigenvalue weighted by Crippen LogP contribution is 2.35. The summed E-state index contributed by atoms with van der Waals surface area (Å²) >= 11 is 18.4.